The van der Waals surface area contributed by atoms with Gasteiger partial charge in [0.05, 0.1) is 5.92 Å². The summed E-state index contributed by atoms with van der Waals surface area (Å²) in [6.45, 7) is 0. The summed E-state index contributed by atoms with van der Waals surface area (Å²) >= 11 is 3.45. The van der Waals surface area contributed by atoms with Crippen LogP contribution in [0.1, 0.15) is 17.5 Å². The Balaban J connectivity index is 2.06. The maximum absolute atomic E-state index is 11.4. The summed E-state index contributed by atoms with van der Waals surface area (Å²) < 4.78 is 0.937. The van der Waals surface area contributed by atoms with Crippen LogP contribution >= 0.6 is 15.9 Å². The zero-order valence-corrected chi connectivity index (χ0v) is 13.0. The molecule has 0 radical (unpaired) electrons. The number of carboxylic acids is 1. The van der Waals surface area contributed by atoms with Gasteiger partial charge < -0.3 is 5.11 Å². The number of hydrogen-bond acceptors (Lipinski definition) is 1. The molecule has 0 aliphatic carbocycles. The van der Waals surface area contributed by atoms with E-state index in [1.54, 1.807) is 0 Å². The van der Waals surface area contributed by atoms with Gasteiger partial charge in [-0.15, -0.1) is 0 Å². The molecule has 0 amide bonds. The monoisotopic (exact) mass is 342 g/mol. The topological polar surface area (TPSA) is 37.3 Å². The minimum absolute atomic E-state index is 0.339. The Labute approximate surface area is 133 Å². The molecule has 0 saturated carbocycles. The smallest absolute Gasteiger partial charge is 0.307 e. The molecule has 3 heteroatoms. The van der Waals surface area contributed by atoms with Gasteiger partial charge in [-0.2, -0.15) is 0 Å². The Hall–Kier alpha value is -2.05. The highest BCUT2D eigenvalue weighted by Crippen LogP contribution is 2.21. The first-order valence-electron chi connectivity index (χ1n) is 6.67. The van der Waals surface area contributed by atoms with Crippen molar-refractivity contribution >= 4 is 21.9 Å². The number of carbonyl (C=O) groups is 1. The summed E-state index contributed by atoms with van der Waals surface area (Å²) in [5.41, 5.74) is 1.90. The fourth-order valence-corrected chi connectivity index (χ4v) is 2.42. The lowest BCUT2D eigenvalue weighted by molar-refractivity contribution is -0.141. The molecule has 0 spiro atoms. The minimum Gasteiger partial charge on any atom is -0.481 e. The van der Waals surface area contributed by atoms with E-state index in [2.05, 4.69) is 27.8 Å². The fraction of sp³-hybridized carbons (Fsp3) is 0.167. The lowest BCUT2D eigenvalue weighted by Gasteiger charge is -2.10. The summed E-state index contributed by atoms with van der Waals surface area (Å²) in [7, 11) is 0. The number of benzene rings is 2. The van der Waals surface area contributed by atoms with E-state index in [4.69, 9.17) is 0 Å². The van der Waals surface area contributed by atoms with Crippen LogP contribution in [0.3, 0.4) is 0 Å². The van der Waals surface area contributed by atoms with Gasteiger partial charge in [0, 0.05) is 16.5 Å². The average Bonchev–Trinajstić information content (AvgIpc) is 2.49. The molecule has 0 aromatic heterocycles. The molecule has 0 aliphatic rings. The van der Waals surface area contributed by atoms with Crippen LogP contribution < -0.4 is 0 Å². The molecule has 0 aliphatic heterocycles. The van der Waals surface area contributed by atoms with Crippen LogP contribution in [0.4, 0.5) is 0 Å². The van der Waals surface area contributed by atoms with Gasteiger partial charge in [-0.25, -0.2) is 0 Å². The molecular formula is C18H15BrO2. The quantitative estimate of drug-likeness (QED) is 0.848. The van der Waals surface area contributed by atoms with Crippen molar-refractivity contribution in [2.24, 2.45) is 5.92 Å². The van der Waals surface area contributed by atoms with Gasteiger partial charge in [-0.1, -0.05) is 64.2 Å². The van der Waals surface area contributed by atoms with Crippen LogP contribution in [-0.4, -0.2) is 11.1 Å². The van der Waals surface area contributed by atoms with Gasteiger partial charge in [-0.3, -0.25) is 4.79 Å². The summed E-state index contributed by atoms with van der Waals surface area (Å²) in [4.78, 5) is 11.4. The highest BCUT2D eigenvalue weighted by Gasteiger charge is 2.17. The molecule has 0 saturated heterocycles. The molecule has 1 atom stereocenters. The maximum Gasteiger partial charge on any atom is 0.307 e. The van der Waals surface area contributed by atoms with Crippen molar-refractivity contribution in [2.45, 2.75) is 12.8 Å². The molecule has 21 heavy (non-hydrogen) atoms. The largest absolute Gasteiger partial charge is 0.481 e. The molecule has 0 heterocycles. The van der Waals surface area contributed by atoms with Gasteiger partial charge in [0.25, 0.3) is 0 Å². The first-order chi connectivity index (χ1) is 10.2. The third-order valence-corrected chi connectivity index (χ3v) is 3.90. The number of carboxylic acid groups (broad SMARTS) is 1. The summed E-state index contributed by atoms with van der Waals surface area (Å²) in [5, 5.41) is 9.34. The van der Waals surface area contributed by atoms with Crippen LogP contribution in [-0.2, 0) is 11.2 Å². The van der Waals surface area contributed by atoms with E-state index in [1.165, 1.54) is 0 Å². The molecule has 1 N–H and O–H groups in total. The Morgan fingerprint density at radius 2 is 1.76 bits per heavy atom. The highest BCUT2D eigenvalue weighted by atomic mass is 79.9. The first-order valence-corrected chi connectivity index (χ1v) is 7.46. The van der Waals surface area contributed by atoms with E-state index in [-0.39, 0.29) is 0 Å². The van der Waals surface area contributed by atoms with E-state index in [1.807, 2.05) is 54.6 Å². The van der Waals surface area contributed by atoms with Crippen LogP contribution in [0.15, 0.2) is 59.1 Å². The zero-order valence-electron chi connectivity index (χ0n) is 11.4. The molecule has 0 bridgehead atoms. The Morgan fingerprint density at radius 3 is 2.43 bits per heavy atom. The lowest BCUT2D eigenvalue weighted by Crippen LogP contribution is -2.16. The molecule has 2 aromatic carbocycles. The second-order valence-electron chi connectivity index (χ2n) is 4.70. The van der Waals surface area contributed by atoms with Crippen molar-refractivity contribution in [3.8, 4) is 11.8 Å². The van der Waals surface area contributed by atoms with Crippen LogP contribution in [0.25, 0.3) is 0 Å². The van der Waals surface area contributed by atoms with Crippen molar-refractivity contribution in [2.75, 3.05) is 0 Å². The van der Waals surface area contributed by atoms with Gasteiger partial charge in [0.15, 0.2) is 0 Å². The summed E-state index contributed by atoms with van der Waals surface area (Å²) in [6, 6.07) is 17.3. The molecule has 2 rings (SSSR count). The van der Waals surface area contributed by atoms with Gasteiger partial charge in [0.2, 0.25) is 0 Å². The summed E-state index contributed by atoms with van der Waals surface area (Å²) in [5.74, 6) is 4.67. The van der Waals surface area contributed by atoms with Crippen molar-refractivity contribution in [3.05, 3.63) is 70.2 Å². The Kier molecular flexibility index (Phi) is 5.59. The van der Waals surface area contributed by atoms with Crippen LogP contribution in [0.5, 0.6) is 0 Å². The van der Waals surface area contributed by atoms with Crippen molar-refractivity contribution in [1.82, 2.24) is 0 Å². The lowest BCUT2D eigenvalue weighted by atomic mass is 9.96. The SMILES string of the molecule is O=C(O)C(CC#Cc1ccccc1)Cc1ccccc1Br. The Bertz CT molecular complexity index is 668. The normalized spacial score (nSPS) is 11.3. The maximum atomic E-state index is 11.4. The third-order valence-electron chi connectivity index (χ3n) is 3.13. The van der Waals surface area contributed by atoms with Crippen LogP contribution in [0.2, 0.25) is 0 Å². The van der Waals surface area contributed by atoms with Crippen LogP contribution in [0, 0.1) is 17.8 Å². The number of rotatable bonds is 4. The number of hydrogen-bond donors (Lipinski definition) is 1. The molecule has 2 aromatic rings. The van der Waals surface area contributed by atoms with Gasteiger partial charge in [-0.05, 0) is 30.2 Å². The van der Waals surface area contributed by atoms with E-state index in [0.717, 1.165) is 15.6 Å². The predicted molar refractivity (Wildman–Crippen MR) is 86.9 cm³/mol. The second-order valence-corrected chi connectivity index (χ2v) is 5.56. The standard InChI is InChI=1S/C18H15BrO2/c19-17-12-5-4-10-15(17)13-16(18(20)21)11-6-9-14-7-2-1-3-8-14/h1-5,7-8,10,12,16H,11,13H2,(H,20,21). The van der Waals surface area contributed by atoms with Crippen molar-refractivity contribution in [1.29, 1.82) is 0 Å². The minimum atomic E-state index is -0.812. The third kappa shape index (κ3) is 4.77. The van der Waals surface area contributed by atoms with Crippen molar-refractivity contribution in [3.63, 3.8) is 0 Å². The molecular weight excluding hydrogens is 328 g/mol. The molecule has 2 nitrogen and oxygen atoms in total. The van der Waals surface area contributed by atoms with Crippen molar-refractivity contribution < 1.29 is 9.90 Å². The molecule has 106 valence electrons. The van der Waals surface area contributed by atoms with E-state index < -0.39 is 11.9 Å². The van der Waals surface area contributed by atoms with E-state index in [9.17, 15) is 9.90 Å². The number of aliphatic carboxylic acids is 1. The zero-order chi connectivity index (χ0) is 15.1. The number of halogens is 1. The fourth-order valence-electron chi connectivity index (χ4n) is 1.97. The van der Waals surface area contributed by atoms with Gasteiger partial charge >= 0.3 is 5.97 Å². The average molecular weight is 343 g/mol. The molecule has 1 unspecified atom stereocenters. The van der Waals surface area contributed by atoms with Gasteiger partial charge in [0.1, 0.15) is 0 Å². The van der Waals surface area contributed by atoms with E-state index >= 15 is 0 Å². The molecule has 0 fully saturated rings. The summed E-state index contributed by atoms with van der Waals surface area (Å²) in [6.07, 6.45) is 0.811. The Morgan fingerprint density at radius 1 is 1.10 bits per heavy atom. The highest BCUT2D eigenvalue weighted by molar-refractivity contribution is 9.10. The first kappa shape index (κ1) is 15.3. The van der Waals surface area contributed by atoms with E-state index in [0.29, 0.717) is 12.8 Å². The predicted octanol–water partition coefficient (Wildman–Crippen LogP) is 4.13. The second kappa shape index (κ2) is 7.66.